The van der Waals surface area contributed by atoms with Crippen LogP contribution in [0, 0.1) is 0 Å². The van der Waals surface area contributed by atoms with Gasteiger partial charge in [0.1, 0.15) is 30.2 Å². The lowest BCUT2D eigenvalue weighted by Gasteiger charge is -2.26. The molecule has 0 spiro atoms. The number of nitrogens with one attached hydrogen (secondary N) is 7. The van der Waals surface area contributed by atoms with E-state index in [1.54, 1.807) is 30.3 Å². The van der Waals surface area contributed by atoms with Gasteiger partial charge in [-0.2, -0.15) is 25.3 Å². The third-order valence-electron chi connectivity index (χ3n) is 8.16. The molecule has 58 heavy (non-hydrogen) atoms. The van der Waals surface area contributed by atoms with E-state index in [0.717, 1.165) is 0 Å². The number of imidazole rings is 1. The van der Waals surface area contributed by atoms with Crippen LogP contribution in [0.1, 0.15) is 36.9 Å². The summed E-state index contributed by atoms with van der Waals surface area (Å²) in [7, 11) is 0. The van der Waals surface area contributed by atoms with Gasteiger partial charge in [-0.05, 0) is 24.8 Å². The molecule has 0 radical (unpaired) electrons. The Hall–Kier alpha value is -5.88. The van der Waals surface area contributed by atoms with Crippen molar-refractivity contribution in [3.05, 3.63) is 54.1 Å². The predicted octanol–water partition coefficient (Wildman–Crippen LogP) is -4.08. The van der Waals surface area contributed by atoms with E-state index >= 15 is 0 Å². The van der Waals surface area contributed by atoms with Gasteiger partial charge in [0.15, 0.2) is 5.96 Å². The number of aliphatic imine (C=N–C) groups is 1. The van der Waals surface area contributed by atoms with E-state index in [-0.39, 0.29) is 49.7 Å². The number of nitrogens with two attached hydrogens (primary N) is 3. The summed E-state index contributed by atoms with van der Waals surface area (Å²) >= 11 is 7.92. The molecule has 1 aromatic heterocycles. The van der Waals surface area contributed by atoms with Gasteiger partial charge in [-0.15, -0.1) is 0 Å². The molecule has 6 amide bonds. The Morgan fingerprint density at radius 2 is 1.33 bits per heavy atom. The second-order valence-corrected chi connectivity index (χ2v) is 13.5. The minimum absolute atomic E-state index is 0.00504. The van der Waals surface area contributed by atoms with E-state index in [2.05, 4.69) is 72.1 Å². The fraction of sp³-hybridized carbons (Fsp3) is 0.471. The van der Waals surface area contributed by atoms with Gasteiger partial charge in [-0.1, -0.05) is 30.3 Å². The van der Waals surface area contributed by atoms with Gasteiger partial charge in [-0.25, -0.2) is 9.78 Å². The van der Waals surface area contributed by atoms with Crippen LogP contribution in [0.5, 0.6) is 0 Å². The van der Waals surface area contributed by atoms with E-state index < -0.39 is 103 Å². The number of H-pyrrole nitrogens is 1. The van der Waals surface area contributed by atoms with Crippen molar-refractivity contribution < 1.29 is 48.6 Å². The van der Waals surface area contributed by atoms with Crippen molar-refractivity contribution in [2.24, 2.45) is 22.2 Å². The van der Waals surface area contributed by atoms with Crippen LogP contribution in [0.15, 0.2) is 47.8 Å². The fourth-order valence-electron chi connectivity index (χ4n) is 5.09. The van der Waals surface area contributed by atoms with Crippen LogP contribution in [0.2, 0.25) is 0 Å². The number of aromatic nitrogens is 2. The third-order valence-corrected chi connectivity index (χ3v) is 8.92. The number of aromatic amines is 1. The van der Waals surface area contributed by atoms with Crippen LogP contribution < -0.4 is 49.1 Å². The highest BCUT2D eigenvalue weighted by atomic mass is 32.1. The standard InChI is InChI=1S/C34H50N12O10S2/c35-20(15-57)28(50)44-23(11-18-5-2-1-3-6-18)31(53)45-24(12-19-13-38-17-41-19)32(54)43-21(7-4-10-39-34(36)37)29(51)40-14-26(47)42-22(8-9-27(48)49)30(52)46-25(16-58)33(55)56/h1-3,5-6,13,17,20-25,57-58H,4,7-12,14-16,35H2,(H,38,41)(H,40,51)(H,42,47)(H,43,54)(H,44,50)(H,45,53)(H,46,52)(H,48,49)(H,55,56)(H4,36,37,39)/t20-,21-,22-,23-,24-,25-/m0/s1. The summed E-state index contributed by atoms with van der Waals surface area (Å²) in [5.41, 5.74) is 17.8. The van der Waals surface area contributed by atoms with Crippen molar-refractivity contribution in [3.8, 4) is 0 Å². The summed E-state index contributed by atoms with van der Waals surface area (Å²) in [4.78, 5) is 113. The number of amides is 6. The molecule has 0 saturated heterocycles. The Kier molecular flexibility index (Phi) is 21.1. The van der Waals surface area contributed by atoms with Gasteiger partial charge in [0.2, 0.25) is 35.4 Å². The maximum atomic E-state index is 13.9. The molecule has 22 nitrogen and oxygen atoms in total. The summed E-state index contributed by atoms with van der Waals surface area (Å²) in [5.74, 6) is -8.28. The second kappa shape index (κ2) is 25.4. The normalized spacial score (nSPS) is 13.8. The average molecular weight is 851 g/mol. The number of rotatable bonds is 26. The molecule has 0 aliphatic carbocycles. The van der Waals surface area contributed by atoms with E-state index in [4.69, 9.17) is 22.3 Å². The topological polar surface area (TPSA) is 368 Å². The lowest BCUT2D eigenvalue weighted by molar-refractivity contribution is -0.142. The zero-order chi connectivity index (χ0) is 43.2. The number of thiol groups is 2. The van der Waals surface area contributed by atoms with E-state index in [9.17, 15) is 43.5 Å². The first-order valence-electron chi connectivity index (χ1n) is 17.8. The summed E-state index contributed by atoms with van der Waals surface area (Å²) < 4.78 is 0. The van der Waals surface area contributed by atoms with Gasteiger partial charge in [0.05, 0.1) is 18.9 Å². The number of carboxylic acid groups (broad SMARTS) is 2. The molecule has 1 heterocycles. The van der Waals surface area contributed by atoms with Crippen LogP contribution in [-0.2, 0) is 51.2 Å². The number of carbonyl (C=O) groups excluding carboxylic acids is 6. The third kappa shape index (κ3) is 17.9. The van der Waals surface area contributed by atoms with Gasteiger partial charge >= 0.3 is 11.9 Å². The zero-order valence-corrected chi connectivity index (χ0v) is 33.0. The van der Waals surface area contributed by atoms with Crippen LogP contribution in [-0.4, -0.2) is 134 Å². The average Bonchev–Trinajstić information content (AvgIpc) is 3.70. The van der Waals surface area contributed by atoms with Crippen LogP contribution >= 0.6 is 25.3 Å². The van der Waals surface area contributed by atoms with E-state index in [1.165, 1.54) is 12.5 Å². The van der Waals surface area contributed by atoms with Gasteiger partial charge in [-0.3, -0.25) is 38.6 Å². The first kappa shape index (κ1) is 48.3. The molecule has 0 saturated carbocycles. The molecule has 2 aromatic rings. The predicted molar refractivity (Wildman–Crippen MR) is 215 cm³/mol. The Bertz CT molecular complexity index is 1730. The molecule has 0 aliphatic heterocycles. The number of hydrogen-bond donors (Lipinski definition) is 14. The summed E-state index contributed by atoms with van der Waals surface area (Å²) in [5, 5.41) is 33.0. The molecule has 2 rings (SSSR count). The minimum Gasteiger partial charge on any atom is -0.481 e. The van der Waals surface area contributed by atoms with Crippen molar-refractivity contribution in [3.63, 3.8) is 0 Å². The molecule has 24 heteroatoms. The smallest absolute Gasteiger partial charge is 0.327 e. The summed E-state index contributed by atoms with van der Waals surface area (Å²) in [6.07, 6.45) is 1.78. The number of benzene rings is 1. The van der Waals surface area contributed by atoms with Crippen molar-refractivity contribution in [2.75, 3.05) is 24.6 Å². The van der Waals surface area contributed by atoms with Gasteiger partial charge in [0.25, 0.3) is 0 Å². The molecule has 1 aromatic carbocycles. The Morgan fingerprint density at radius 1 is 0.741 bits per heavy atom. The maximum Gasteiger partial charge on any atom is 0.327 e. The first-order chi connectivity index (χ1) is 27.5. The highest BCUT2D eigenvalue weighted by molar-refractivity contribution is 7.80. The molecule has 0 fully saturated rings. The lowest BCUT2D eigenvalue weighted by atomic mass is 10.0. The lowest BCUT2D eigenvalue weighted by Crippen LogP contribution is -2.59. The Labute approximate surface area is 343 Å². The SMILES string of the molecule is NC(N)=NCCC[C@H](NC(=O)[C@H](Cc1cnc[nH]1)NC(=O)[C@H](Cc1ccccc1)NC(=O)[C@@H](N)CS)C(=O)NCC(=O)N[C@@H](CCC(=O)O)C(=O)N[C@@H](CS)C(=O)O. The van der Waals surface area contributed by atoms with Crippen molar-refractivity contribution in [2.45, 2.75) is 74.8 Å². The van der Waals surface area contributed by atoms with Gasteiger partial charge in [0, 0.05) is 49.2 Å². The largest absolute Gasteiger partial charge is 0.481 e. The minimum atomic E-state index is -1.49. The van der Waals surface area contributed by atoms with Crippen LogP contribution in [0.3, 0.4) is 0 Å². The molecular weight excluding hydrogens is 801 g/mol. The quantitative estimate of drug-likeness (QED) is 0.0185. The van der Waals surface area contributed by atoms with Crippen molar-refractivity contribution in [1.82, 2.24) is 41.9 Å². The Balaban J connectivity index is 2.30. The summed E-state index contributed by atoms with van der Waals surface area (Å²) in [6, 6.07) is 0.915. The van der Waals surface area contributed by atoms with Gasteiger partial charge < -0.3 is 64.3 Å². The zero-order valence-electron chi connectivity index (χ0n) is 31.3. The van der Waals surface area contributed by atoms with Crippen molar-refractivity contribution >= 4 is 78.6 Å². The first-order valence-corrected chi connectivity index (χ1v) is 19.1. The molecule has 6 atom stereocenters. The van der Waals surface area contributed by atoms with E-state index in [1.807, 2.05) is 0 Å². The van der Waals surface area contributed by atoms with Crippen LogP contribution in [0.25, 0.3) is 0 Å². The van der Waals surface area contributed by atoms with E-state index in [0.29, 0.717) is 11.3 Å². The fourth-order valence-corrected chi connectivity index (χ4v) is 5.51. The molecular formula is C34H50N12O10S2. The number of carboxylic acids is 2. The number of nitrogens with zero attached hydrogens (tertiary/aromatic N) is 2. The number of carbonyl (C=O) groups is 8. The molecule has 15 N–H and O–H groups in total. The maximum absolute atomic E-state index is 13.9. The number of aliphatic carboxylic acids is 2. The highest BCUT2D eigenvalue weighted by Crippen LogP contribution is 2.08. The van der Waals surface area contributed by atoms with Crippen LogP contribution in [0.4, 0.5) is 0 Å². The van der Waals surface area contributed by atoms with Crippen molar-refractivity contribution in [1.29, 1.82) is 0 Å². The summed E-state index contributed by atoms with van der Waals surface area (Å²) in [6.45, 7) is -0.704. The monoisotopic (exact) mass is 850 g/mol. The molecule has 0 unspecified atom stereocenters. The molecule has 0 bridgehead atoms. The number of guanidine groups is 1. The molecule has 318 valence electrons. The Morgan fingerprint density at radius 3 is 1.90 bits per heavy atom. The second-order valence-electron chi connectivity index (χ2n) is 12.7. The number of hydrogen-bond acceptors (Lipinski definition) is 13. The molecule has 0 aliphatic rings. The highest BCUT2D eigenvalue weighted by Gasteiger charge is 2.32.